The molecule has 7 heteroatoms. The van der Waals surface area contributed by atoms with Gasteiger partial charge in [-0.2, -0.15) is 0 Å². The van der Waals surface area contributed by atoms with E-state index < -0.39 is 5.97 Å². The van der Waals surface area contributed by atoms with Gasteiger partial charge in [-0.1, -0.05) is 0 Å². The first kappa shape index (κ1) is 10.8. The van der Waals surface area contributed by atoms with Gasteiger partial charge in [-0.05, 0) is 37.9 Å². The average Bonchev–Trinajstić information content (AvgIpc) is 2.74. The van der Waals surface area contributed by atoms with E-state index in [0.29, 0.717) is 5.82 Å². The summed E-state index contributed by atoms with van der Waals surface area (Å²) in [5.41, 5.74) is 0.0886. The third-order valence-corrected chi connectivity index (χ3v) is 4.95. The molecule has 0 saturated heterocycles. The molecule has 2 N–H and O–H groups in total. The molecule has 78 valence electrons. The summed E-state index contributed by atoms with van der Waals surface area (Å²) in [6.45, 7) is 0. The third kappa shape index (κ3) is 2.14. The molecule has 0 bridgehead atoms. The highest BCUT2D eigenvalue weighted by Gasteiger charge is 2.12. The molecular formula is C8H4Br2N2O2S. The van der Waals surface area contributed by atoms with E-state index in [9.17, 15) is 4.79 Å². The number of imidazole rings is 1. The first-order valence-corrected chi connectivity index (χ1v) is 6.21. The van der Waals surface area contributed by atoms with Crippen LogP contribution in [0.3, 0.4) is 0 Å². The predicted molar refractivity (Wildman–Crippen MR) is 64.3 cm³/mol. The molecule has 0 aromatic carbocycles. The highest BCUT2D eigenvalue weighted by Crippen LogP contribution is 2.36. The molecule has 0 unspecified atom stereocenters. The number of hydrogen-bond donors (Lipinski definition) is 2. The van der Waals surface area contributed by atoms with E-state index in [-0.39, 0.29) is 5.69 Å². The Bertz CT molecular complexity index is 501. The van der Waals surface area contributed by atoms with Crippen LogP contribution in [0.1, 0.15) is 10.5 Å². The normalized spacial score (nSPS) is 10.5. The molecule has 0 aliphatic carbocycles. The minimum atomic E-state index is -1.01. The zero-order valence-electron chi connectivity index (χ0n) is 7.12. The fourth-order valence-electron chi connectivity index (χ4n) is 1.02. The highest BCUT2D eigenvalue weighted by molar-refractivity contribution is 9.13. The van der Waals surface area contributed by atoms with Gasteiger partial charge in [0.1, 0.15) is 11.5 Å². The zero-order chi connectivity index (χ0) is 11.0. The van der Waals surface area contributed by atoms with Crippen LogP contribution < -0.4 is 0 Å². The minimum Gasteiger partial charge on any atom is -0.477 e. The summed E-state index contributed by atoms with van der Waals surface area (Å²) in [7, 11) is 0. The van der Waals surface area contributed by atoms with Crippen molar-refractivity contribution in [3.05, 3.63) is 26.2 Å². The number of nitrogens with zero attached hydrogens (tertiary/aromatic N) is 1. The lowest BCUT2D eigenvalue weighted by molar-refractivity contribution is 0.0691. The SMILES string of the molecule is O=C(O)c1cnc(-c2cc(Br)c(Br)s2)[nH]1. The standard InChI is InChI=1S/C8H4Br2N2O2S/c9-3-1-5(15-6(3)10)7-11-2-4(12-7)8(13)14/h1-2H,(H,11,12)(H,13,14). The summed E-state index contributed by atoms with van der Waals surface area (Å²) in [6, 6.07) is 1.87. The van der Waals surface area contributed by atoms with Crippen LogP contribution in [0, 0.1) is 0 Å². The summed E-state index contributed by atoms with van der Waals surface area (Å²) in [4.78, 5) is 18.2. The van der Waals surface area contributed by atoms with E-state index in [4.69, 9.17) is 5.11 Å². The Labute approximate surface area is 106 Å². The van der Waals surface area contributed by atoms with Crippen molar-refractivity contribution in [2.24, 2.45) is 0 Å². The lowest BCUT2D eigenvalue weighted by atomic mass is 10.4. The molecule has 0 aliphatic heterocycles. The van der Waals surface area contributed by atoms with Crippen molar-refractivity contribution in [2.75, 3.05) is 0 Å². The van der Waals surface area contributed by atoms with E-state index in [1.165, 1.54) is 17.5 Å². The van der Waals surface area contributed by atoms with Crippen molar-refractivity contribution in [3.8, 4) is 10.7 Å². The van der Waals surface area contributed by atoms with Gasteiger partial charge in [0.05, 0.1) is 14.9 Å². The number of aromatic carboxylic acids is 1. The van der Waals surface area contributed by atoms with Crippen LogP contribution in [0.5, 0.6) is 0 Å². The number of hydrogen-bond acceptors (Lipinski definition) is 3. The van der Waals surface area contributed by atoms with Gasteiger partial charge in [0.2, 0.25) is 0 Å². The second-order valence-corrected chi connectivity index (χ2v) is 5.91. The highest BCUT2D eigenvalue weighted by atomic mass is 79.9. The summed E-state index contributed by atoms with van der Waals surface area (Å²) in [5, 5.41) is 8.72. The van der Waals surface area contributed by atoms with Crippen LogP contribution in [0.2, 0.25) is 0 Å². The second-order valence-electron chi connectivity index (χ2n) is 2.68. The summed E-state index contributed by atoms with van der Waals surface area (Å²) >= 11 is 8.19. The fourth-order valence-corrected chi connectivity index (χ4v) is 3.01. The average molecular weight is 352 g/mol. The van der Waals surface area contributed by atoms with Crippen LogP contribution in [0.25, 0.3) is 10.7 Å². The maximum atomic E-state index is 10.6. The molecule has 0 atom stereocenters. The Morgan fingerprint density at radius 2 is 2.27 bits per heavy atom. The zero-order valence-corrected chi connectivity index (χ0v) is 11.1. The first-order chi connectivity index (χ1) is 7.08. The number of carboxylic acids is 1. The maximum Gasteiger partial charge on any atom is 0.353 e. The molecule has 0 aliphatic rings. The van der Waals surface area contributed by atoms with Crippen molar-refractivity contribution < 1.29 is 9.90 Å². The first-order valence-electron chi connectivity index (χ1n) is 3.81. The monoisotopic (exact) mass is 350 g/mol. The number of carbonyl (C=O) groups is 1. The summed E-state index contributed by atoms with van der Waals surface area (Å²) in [6.07, 6.45) is 1.30. The Balaban J connectivity index is 2.41. The number of rotatable bonds is 2. The van der Waals surface area contributed by atoms with Crippen molar-refractivity contribution in [3.63, 3.8) is 0 Å². The maximum absolute atomic E-state index is 10.6. The van der Waals surface area contributed by atoms with Crippen LogP contribution in [0.4, 0.5) is 0 Å². The topological polar surface area (TPSA) is 66.0 Å². The smallest absolute Gasteiger partial charge is 0.353 e. The summed E-state index contributed by atoms with van der Waals surface area (Å²) in [5.74, 6) is -0.452. The van der Waals surface area contributed by atoms with E-state index in [1.54, 1.807) is 0 Å². The molecule has 2 aromatic heterocycles. The lowest BCUT2D eigenvalue weighted by Crippen LogP contribution is -1.95. The number of carboxylic acid groups (broad SMARTS) is 1. The van der Waals surface area contributed by atoms with Crippen molar-refractivity contribution >= 4 is 49.2 Å². The van der Waals surface area contributed by atoms with Crippen molar-refractivity contribution in [2.45, 2.75) is 0 Å². The predicted octanol–water partition coefficient (Wildman–Crippen LogP) is 3.36. The Morgan fingerprint density at radius 1 is 1.53 bits per heavy atom. The van der Waals surface area contributed by atoms with Gasteiger partial charge in [0.25, 0.3) is 0 Å². The molecule has 0 saturated carbocycles. The Hall–Kier alpha value is -0.660. The van der Waals surface area contributed by atoms with E-state index in [1.807, 2.05) is 6.07 Å². The van der Waals surface area contributed by atoms with Gasteiger partial charge < -0.3 is 10.1 Å². The van der Waals surface area contributed by atoms with Crippen LogP contribution in [0.15, 0.2) is 20.5 Å². The number of thiophene rings is 1. The molecule has 2 rings (SSSR count). The number of aromatic amines is 1. The molecule has 4 nitrogen and oxygen atoms in total. The van der Waals surface area contributed by atoms with E-state index in [2.05, 4.69) is 41.8 Å². The van der Waals surface area contributed by atoms with Crippen LogP contribution in [-0.2, 0) is 0 Å². The van der Waals surface area contributed by atoms with E-state index in [0.717, 1.165) is 13.1 Å². The molecule has 0 spiro atoms. The number of nitrogens with one attached hydrogen (secondary N) is 1. The van der Waals surface area contributed by atoms with Gasteiger partial charge in [-0.15, -0.1) is 11.3 Å². The molecule has 0 radical (unpaired) electrons. The number of halogens is 2. The lowest BCUT2D eigenvalue weighted by Gasteiger charge is -1.88. The largest absolute Gasteiger partial charge is 0.477 e. The van der Waals surface area contributed by atoms with Gasteiger partial charge in [-0.25, -0.2) is 9.78 Å². The van der Waals surface area contributed by atoms with Crippen molar-refractivity contribution in [1.82, 2.24) is 9.97 Å². The number of H-pyrrole nitrogens is 1. The molecule has 0 fully saturated rings. The van der Waals surface area contributed by atoms with Crippen LogP contribution in [-0.4, -0.2) is 21.0 Å². The van der Waals surface area contributed by atoms with Crippen LogP contribution >= 0.6 is 43.2 Å². The molecule has 15 heavy (non-hydrogen) atoms. The third-order valence-electron chi connectivity index (χ3n) is 1.68. The fraction of sp³-hybridized carbons (Fsp3) is 0. The molecule has 2 heterocycles. The molecular weight excluding hydrogens is 348 g/mol. The Kier molecular flexibility index (Phi) is 2.94. The molecule has 0 amide bonds. The Morgan fingerprint density at radius 3 is 2.73 bits per heavy atom. The minimum absolute atomic E-state index is 0.0886. The van der Waals surface area contributed by atoms with Crippen molar-refractivity contribution in [1.29, 1.82) is 0 Å². The van der Waals surface area contributed by atoms with Gasteiger partial charge in [-0.3, -0.25) is 0 Å². The number of aromatic nitrogens is 2. The molecule has 2 aromatic rings. The quantitative estimate of drug-likeness (QED) is 0.871. The van der Waals surface area contributed by atoms with E-state index >= 15 is 0 Å². The van der Waals surface area contributed by atoms with Gasteiger partial charge in [0.15, 0.2) is 0 Å². The summed E-state index contributed by atoms with van der Waals surface area (Å²) < 4.78 is 1.88. The van der Waals surface area contributed by atoms with Gasteiger partial charge >= 0.3 is 5.97 Å². The second kappa shape index (κ2) is 4.07. The van der Waals surface area contributed by atoms with Gasteiger partial charge in [0, 0.05) is 4.47 Å².